The van der Waals surface area contributed by atoms with Crippen LogP contribution in [0.3, 0.4) is 0 Å². The van der Waals surface area contributed by atoms with Crippen molar-refractivity contribution >= 4 is 5.91 Å². The molecule has 6 heteroatoms. The van der Waals surface area contributed by atoms with E-state index in [-0.39, 0.29) is 11.3 Å². The Labute approximate surface area is 137 Å². The molecule has 1 amide bonds. The van der Waals surface area contributed by atoms with Gasteiger partial charge in [0.25, 0.3) is 5.91 Å². The minimum Gasteiger partial charge on any atom is -0.379 e. The molecule has 0 radical (unpaired) electrons. The molecule has 4 rings (SSSR count). The van der Waals surface area contributed by atoms with Crippen molar-refractivity contribution in [2.45, 2.75) is 38.5 Å². The third-order valence-electron chi connectivity index (χ3n) is 5.41. The van der Waals surface area contributed by atoms with Crippen molar-refractivity contribution in [2.24, 2.45) is 5.41 Å². The number of morpholine rings is 1. The Kier molecular flexibility index (Phi) is 3.89. The maximum Gasteiger partial charge on any atom is 0.255 e. The Hall–Kier alpha value is -1.40. The number of amides is 1. The van der Waals surface area contributed by atoms with Crippen molar-refractivity contribution in [3.63, 3.8) is 0 Å². The number of nitrogens with zero attached hydrogens (tertiary/aromatic N) is 2. The quantitative estimate of drug-likeness (QED) is 0.833. The minimum absolute atomic E-state index is 0.0476. The second kappa shape index (κ2) is 5.91. The molecule has 6 nitrogen and oxygen atoms in total. The van der Waals surface area contributed by atoms with E-state index in [2.05, 4.69) is 20.4 Å². The number of hydrogen-bond donors (Lipinski definition) is 2. The molecule has 0 spiro atoms. The predicted octanol–water partition coefficient (Wildman–Crippen LogP) is 1.44. The molecule has 3 fully saturated rings. The summed E-state index contributed by atoms with van der Waals surface area (Å²) in [5.41, 5.74) is 2.93. The lowest BCUT2D eigenvalue weighted by molar-refractivity contribution is 0.0283. The molecule has 2 N–H and O–H groups in total. The summed E-state index contributed by atoms with van der Waals surface area (Å²) in [5, 5.41) is 10.5. The van der Waals surface area contributed by atoms with Crippen LogP contribution in [-0.2, 0) is 4.74 Å². The maximum atomic E-state index is 12.6. The molecule has 2 heterocycles. The minimum atomic E-state index is 0.0476. The third-order valence-corrected chi connectivity index (χ3v) is 5.41. The van der Waals surface area contributed by atoms with Gasteiger partial charge in [-0.25, -0.2) is 0 Å². The fourth-order valence-electron chi connectivity index (χ4n) is 3.54. The maximum absolute atomic E-state index is 12.6. The highest BCUT2D eigenvalue weighted by Crippen LogP contribution is 2.46. The van der Waals surface area contributed by atoms with Crippen LogP contribution >= 0.6 is 0 Å². The zero-order valence-electron chi connectivity index (χ0n) is 13.9. The second-order valence-electron chi connectivity index (χ2n) is 7.45. The normalized spacial score (nSPS) is 23.7. The molecule has 0 aromatic carbocycles. The topological polar surface area (TPSA) is 70.2 Å². The molecule has 1 aromatic rings. The molecule has 0 unspecified atom stereocenters. The second-order valence-corrected chi connectivity index (χ2v) is 7.45. The van der Waals surface area contributed by atoms with E-state index in [1.165, 1.54) is 12.8 Å². The molecular formula is C17H26N4O2. The predicted molar refractivity (Wildman–Crippen MR) is 86.6 cm³/mol. The highest BCUT2D eigenvalue weighted by Gasteiger charge is 2.44. The van der Waals surface area contributed by atoms with Gasteiger partial charge in [-0.2, -0.15) is 5.10 Å². The van der Waals surface area contributed by atoms with Crippen molar-refractivity contribution in [3.8, 4) is 0 Å². The van der Waals surface area contributed by atoms with Gasteiger partial charge in [0, 0.05) is 43.2 Å². The Morgan fingerprint density at radius 1 is 1.39 bits per heavy atom. The van der Waals surface area contributed by atoms with Crippen LogP contribution in [0.25, 0.3) is 0 Å². The fourth-order valence-corrected chi connectivity index (χ4v) is 3.54. The first-order valence-corrected chi connectivity index (χ1v) is 8.80. The standard InChI is InChI=1S/C17H26N4O2/c1-12-14(15(20-19-12)13-2-3-13)16(22)18-10-17(4-5-17)11-21-6-8-23-9-7-21/h13H,2-11H2,1H3,(H,18,22)(H,19,20). The van der Waals surface area contributed by atoms with Gasteiger partial charge < -0.3 is 10.1 Å². The Morgan fingerprint density at radius 3 is 2.78 bits per heavy atom. The number of ether oxygens (including phenoxy) is 1. The van der Waals surface area contributed by atoms with Crippen LogP contribution in [0.15, 0.2) is 0 Å². The van der Waals surface area contributed by atoms with E-state index in [0.29, 0.717) is 5.92 Å². The van der Waals surface area contributed by atoms with Crippen LogP contribution in [0.5, 0.6) is 0 Å². The van der Waals surface area contributed by atoms with E-state index in [4.69, 9.17) is 4.74 Å². The summed E-state index contributed by atoms with van der Waals surface area (Å²) in [6.07, 6.45) is 4.74. The largest absolute Gasteiger partial charge is 0.379 e. The average molecular weight is 318 g/mol. The van der Waals surface area contributed by atoms with Crippen molar-refractivity contribution < 1.29 is 9.53 Å². The Bertz CT molecular complexity index is 583. The fraction of sp³-hybridized carbons (Fsp3) is 0.765. The van der Waals surface area contributed by atoms with Crippen LogP contribution in [0.4, 0.5) is 0 Å². The van der Waals surface area contributed by atoms with Gasteiger partial charge in [-0.15, -0.1) is 0 Å². The van der Waals surface area contributed by atoms with Gasteiger partial charge in [0.2, 0.25) is 0 Å². The van der Waals surface area contributed by atoms with Crippen LogP contribution in [0.2, 0.25) is 0 Å². The molecule has 0 atom stereocenters. The van der Waals surface area contributed by atoms with Crippen molar-refractivity contribution in [1.82, 2.24) is 20.4 Å². The summed E-state index contributed by atoms with van der Waals surface area (Å²) in [7, 11) is 0. The Balaban J connectivity index is 1.35. The van der Waals surface area contributed by atoms with Crippen molar-refractivity contribution in [1.29, 1.82) is 0 Å². The van der Waals surface area contributed by atoms with Gasteiger partial charge >= 0.3 is 0 Å². The number of nitrogens with one attached hydrogen (secondary N) is 2. The number of aryl methyl sites for hydroxylation is 1. The van der Waals surface area contributed by atoms with Crippen LogP contribution in [-0.4, -0.2) is 60.4 Å². The number of aromatic amines is 1. The van der Waals surface area contributed by atoms with Gasteiger partial charge in [0.15, 0.2) is 0 Å². The van der Waals surface area contributed by atoms with Crippen LogP contribution in [0, 0.1) is 12.3 Å². The highest BCUT2D eigenvalue weighted by molar-refractivity contribution is 5.96. The highest BCUT2D eigenvalue weighted by atomic mass is 16.5. The Morgan fingerprint density at radius 2 is 2.13 bits per heavy atom. The molecule has 3 aliphatic rings. The van der Waals surface area contributed by atoms with Gasteiger partial charge in [-0.1, -0.05) is 0 Å². The summed E-state index contributed by atoms with van der Waals surface area (Å²) in [4.78, 5) is 15.1. The molecule has 1 aliphatic heterocycles. The smallest absolute Gasteiger partial charge is 0.255 e. The zero-order chi connectivity index (χ0) is 15.9. The average Bonchev–Trinajstić information content (AvgIpc) is 3.47. The molecule has 23 heavy (non-hydrogen) atoms. The number of carbonyl (C=O) groups is 1. The lowest BCUT2D eigenvalue weighted by Crippen LogP contribution is -2.43. The number of rotatable bonds is 6. The van der Waals surface area contributed by atoms with Gasteiger partial charge in [-0.05, 0) is 32.6 Å². The molecule has 126 valence electrons. The van der Waals surface area contributed by atoms with Gasteiger partial charge in [-0.3, -0.25) is 14.8 Å². The lowest BCUT2D eigenvalue weighted by Gasteiger charge is -2.30. The molecule has 2 saturated carbocycles. The molecule has 1 aromatic heterocycles. The summed E-state index contributed by atoms with van der Waals surface area (Å²) in [6.45, 7) is 7.50. The third kappa shape index (κ3) is 3.28. The number of hydrogen-bond acceptors (Lipinski definition) is 4. The summed E-state index contributed by atoms with van der Waals surface area (Å²) in [5.74, 6) is 0.537. The van der Waals surface area contributed by atoms with Crippen LogP contribution < -0.4 is 5.32 Å². The van der Waals surface area contributed by atoms with E-state index in [1.807, 2.05) is 6.92 Å². The first-order valence-electron chi connectivity index (χ1n) is 8.80. The summed E-state index contributed by atoms with van der Waals surface area (Å²) < 4.78 is 5.41. The van der Waals surface area contributed by atoms with Crippen molar-refractivity contribution in [3.05, 3.63) is 17.0 Å². The van der Waals surface area contributed by atoms with E-state index < -0.39 is 0 Å². The van der Waals surface area contributed by atoms with E-state index >= 15 is 0 Å². The number of aromatic nitrogens is 2. The molecule has 2 aliphatic carbocycles. The monoisotopic (exact) mass is 318 g/mol. The summed E-state index contributed by atoms with van der Waals surface area (Å²) in [6, 6.07) is 0. The van der Waals surface area contributed by atoms with Crippen molar-refractivity contribution in [2.75, 3.05) is 39.4 Å². The molecule has 1 saturated heterocycles. The summed E-state index contributed by atoms with van der Waals surface area (Å²) >= 11 is 0. The van der Waals surface area contributed by atoms with Gasteiger partial charge in [0.05, 0.1) is 24.5 Å². The SMILES string of the molecule is Cc1[nH]nc(C2CC2)c1C(=O)NCC1(CN2CCOCC2)CC1. The van der Waals surface area contributed by atoms with Gasteiger partial charge in [0.1, 0.15) is 0 Å². The van der Waals surface area contributed by atoms with Crippen LogP contribution in [0.1, 0.15) is 53.3 Å². The first kappa shape index (κ1) is 15.1. The molecule has 0 bridgehead atoms. The zero-order valence-corrected chi connectivity index (χ0v) is 13.9. The number of carbonyl (C=O) groups excluding carboxylic acids is 1. The number of H-pyrrole nitrogens is 1. The molecular weight excluding hydrogens is 292 g/mol. The first-order chi connectivity index (χ1) is 11.2. The van der Waals surface area contributed by atoms with E-state index in [1.54, 1.807) is 0 Å². The van der Waals surface area contributed by atoms with E-state index in [9.17, 15) is 4.79 Å². The lowest BCUT2D eigenvalue weighted by atomic mass is 10.1. The van der Waals surface area contributed by atoms with E-state index in [0.717, 1.165) is 69.2 Å².